The number of carbonyl (C=O) groups is 1. The molecule has 2 N–H and O–H groups in total. The summed E-state index contributed by atoms with van der Waals surface area (Å²) in [6, 6.07) is 5.93. The van der Waals surface area contributed by atoms with Crippen LogP contribution in [0.1, 0.15) is 26.2 Å². The SMILES string of the molecule is CC(CNC(=O)C1CC12CCNCC2)Oc1ccc(F)cc1.Cl. The first-order chi connectivity index (χ1) is 10.6. The maximum atomic E-state index is 12.8. The van der Waals surface area contributed by atoms with Gasteiger partial charge in [-0.05, 0) is 69.0 Å². The Bertz CT molecular complexity index is 532. The van der Waals surface area contributed by atoms with Gasteiger partial charge in [-0.2, -0.15) is 0 Å². The molecule has 1 aliphatic carbocycles. The standard InChI is InChI=1S/C17H23FN2O2.ClH/c1-12(22-14-4-2-13(18)3-5-14)11-20-16(21)15-10-17(15)6-8-19-9-7-17;/h2-5,12,15,19H,6-11H2,1H3,(H,20,21);1H. The minimum absolute atomic E-state index is 0. The van der Waals surface area contributed by atoms with Gasteiger partial charge in [0, 0.05) is 5.92 Å². The maximum Gasteiger partial charge on any atom is 0.223 e. The highest BCUT2D eigenvalue weighted by Gasteiger charge is 2.57. The molecule has 1 saturated carbocycles. The number of nitrogens with one attached hydrogen (secondary N) is 2. The molecule has 6 heteroatoms. The zero-order valence-corrected chi connectivity index (χ0v) is 14.1. The highest BCUT2D eigenvalue weighted by Crippen LogP contribution is 2.58. The summed E-state index contributed by atoms with van der Waals surface area (Å²) in [7, 11) is 0. The highest BCUT2D eigenvalue weighted by atomic mass is 35.5. The number of piperidine rings is 1. The molecule has 1 aromatic rings. The van der Waals surface area contributed by atoms with Gasteiger partial charge in [0.2, 0.25) is 5.91 Å². The van der Waals surface area contributed by atoms with Crippen molar-refractivity contribution in [2.24, 2.45) is 11.3 Å². The van der Waals surface area contributed by atoms with Crippen LogP contribution in [0.4, 0.5) is 4.39 Å². The average Bonchev–Trinajstić information content (AvgIpc) is 3.21. The number of amides is 1. The van der Waals surface area contributed by atoms with E-state index in [0.717, 1.165) is 32.4 Å². The predicted molar refractivity (Wildman–Crippen MR) is 89.4 cm³/mol. The lowest BCUT2D eigenvalue weighted by Gasteiger charge is -2.23. The van der Waals surface area contributed by atoms with E-state index in [1.807, 2.05) is 6.92 Å². The van der Waals surface area contributed by atoms with Crippen LogP contribution in [-0.2, 0) is 4.79 Å². The number of hydrogen-bond donors (Lipinski definition) is 2. The zero-order chi connectivity index (χ0) is 15.6. The van der Waals surface area contributed by atoms with E-state index in [1.54, 1.807) is 12.1 Å². The van der Waals surface area contributed by atoms with Gasteiger partial charge in [0.15, 0.2) is 0 Å². The Hall–Kier alpha value is -1.33. The molecular formula is C17H24ClFN2O2. The number of benzene rings is 1. The quantitative estimate of drug-likeness (QED) is 0.864. The molecular weight excluding hydrogens is 319 g/mol. The average molecular weight is 343 g/mol. The predicted octanol–water partition coefficient (Wildman–Crippen LogP) is 2.52. The lowest BCUT2D eigenvalue weighted by atomic mass is 9.92. The van der Waals surface area contributed by atoms with Gasteiger partial charge >= 0.3 is 0 Å². The molecule has 1 saturated heterocycles. The van der Waals surface area contributed by atoms with Crippen molar-refractivity contribution in [3.8, 4) is 5.75 Å². The molecule has 1 spiro atoms. The van der Waals surface area contributed by atoms with E-state index in [1.165, 1.54) is 12.1 Å². The van der Waals surface area contributed by atoms with Crippen molar-refractivity contribution in [1.29, 1.82) is 0 Å². The van der Waals surface area contributed by atoms with E-state index >= 15 is 0 Å². The number of halogens is 2. The second-order valence-corrected chi connectivity index (χ2v) is 6.50. The first-order valence-electron chi connectivity index (χ1n) is 8.00. The molecule has 0 bridgehead atoms. The van der Waals surface area contributed by atoms with Gasteiger partial charge in [-0.3, -0.25) is 4.79 Å². The minimum Gasteiger partial charge on any atom is -0.489 e. The fourth-order valence-electron chi connectivity index (χ4n) is 3.35. The Labute approximate surface area is 142 Å². The van der Waals surface area contributed by atoms with Crippen LogP contribution >= 0.6 is 12.4 Å². The molecule has 128 valence electrons. The molecule has 1 heterocycles. The van der Waals surface area contributed by atoms with Crippen LogP contribution in [0.25, 0.3) is 0 Å². The largest absolute Gasteiger partial charge is 0.489 e. The van der Waals surface area contributed by atoms with E-state index in [-0.39, 0.29) is 41.6 Å². The summed E-state index contributed by atoms with van der Waals surface area (Å²) in [4.78, 5) is 12.2. The number of rotatable bonds is 5. The van der Waals surface area contributed by atoms with Gasteiger partial charge in [-0.15, -0.1) is 12.4 Å². The Morgan fingerprint density at radius 2 is 2.04 bits per heavy atom. The normalized spacial score (nSPS) is 22.8. The summed E-state index contributed by atoms with van der Waals surface area (Å²) in [6.07, 6.45) is 3.09. The van der Waals surface area contributed by atoms with Gasteiger partial charge in [0.25, 0.3) is 0 Å². The van der Waals surface area contributed by atoms with Crippen molar-refractivity contribution in [1.82, 2.24) is 10.6 Å². The van der Waals surface area contributed by atoms with Crippen LogP contribution in [0.2, 0.25) is 0 Å². The molecule has 2 atom stereocenters. The Kier molecular flexibility index (Phi) is 5.87. The second-order valence-electron chi connectivity index (χ2n) is 6.50. The lowest BCUT2D eigenvalue weighted by Crippen LogP contribution is -2.37. The van der Waals surface area contributed by atoms with Crippen LogP contribution in [0.15, 0.2) is 24.3 Å². The van der Waals surface area contributed by atoms with Gasteiger partial charge in [-0.1, -0.05) is 0 Å². The van der Waals surface area contributed by atoms with E-state index in [9.17, 15) is 9.18 Å². The zero-order valence-electron chi connectivity index (χ0n) is 13.3. The molecule has 2 unspecified atom stereocenters. The highest BCUT2D eigenvalue weighted by molar-refractivity contribution is 5.85. The van der Waals surface area contributed by atoms with Crippen LogP contribution in [-0.4, -0.2) is 31.6 Å². The lowest BCUT2D eigenvalue weighted by molar-refractivity contribution is -0.123. The third-order valence-electron chi connectivity index (χ3n) is 4.82. The molecule has 2 aliphatic rings. The monoisotopic (exact) mass is 342 g/mol. The summed E-state index contributed by atoms with van der Waals surface area (Å²) in [5, 5.41) is 6.33. The number of hydrogen-bond acceptors (Lipinski definition) is 3. The van der Waals surface area contributed by atoms with Gasteiger partial charge in [0.1, 0.15) is 17.7 Å². The fraction of sp³-hybridized carbons (Fsp3) is 0.588. The van der Waals surface area contributed by atoms with Crippen LogP contribution in [0.5, 0.6) is 5.75 Å². The fourth-order valence-corrected chi connectivity index (χ4v) is 3.35. The molecule has 3 rings (SSSR count). The minimum atomic E-state index is -0.283. The molecule has 2 fully saturated rings. The van der Waals surface area contributed by atoms with Crippen molar-refractivity contribution >= 4 is 18.3 Å². The second kappa shape index (κ2) is 7.49. The molecule has 0 radical (unpaired) electrons. The first-order valence-corrected chi connectivity index (χ1v) is 8.00. The number of carbonyl (C=O) groups excluding carboxylic acids is 1. The van der Waals surface area contributed by atoms with E-state index in [2.05, 4.69) is 10.6 Å². The summed E-state index contributed by atoms with van der Waals surface area (Å²) in [5.41, 5.74) is 0.260. The summed E-state index contributed by atoms with van der Waals surface area (Å²) < 4.78 is 18.5. The first kappa shape index (κ1) is 18.0. The smallest absolute Gasteiger partial charge is 0.223 e. The van der Waals surface area contributed by atoms with Crippen molar-refractivity contribution in [3.05, 3.63) is 30.1 Å². The molecule has 1 aliphatic heterocycles. The molecule has 1 aromatic carbocycles. The van der Waals surface area contributed by atoms with Gasteiger partial charge in [-0.25, -0.2) is 4.39 Å². The molecule has 23 heavy (non-hydrogen) atoms. The van der Waals surface area contributed by atoms with Crippen molar-refractivity contribution in [3.63, 3.8) is 0 Å². The van der Waals surface area contributed by atoms with Crippen molar-refractivity contribution in [2.45, 2.75) is 32.3 Å². The van der Waals surface area contributed by atoms with Gasteiger partial charge < -0.3 is 15.4 Å². The van der Waals surface area contributed by atoms with E-state index in [0.29, 0.717) is 12.3 Å². The van der Waals surface area contributed by atoms with Crippen molar-refractivity contribution in [2.75, 3.05) is 19.6 Å². The number of ether oxygens (including phenoxy) is 1. The summed E-state index contributed by atoms with van der Waals surface area (Å²) in [5.74, 6) is 0.655. The molecule has 1 amide bonds. The van der Waals surface area contributed by atoms with E-state index < -0.39 is 0 Å². The molecule has 0 aromatic heterocycles. The Balaban J connectivity index is 0.00000192. The van der Waals surface area contributed by atoms with Gasteiger partial charge in [0.05, 0.1) is 6.54 Å². The van der Waals surface area contributed by atoms with Crippen LogP contribution in [0, 0.1) is 17.2 Å². The summed E-state index contributed by atoms with van der Waals surface area (Å²) >= 11 is 0. The van der Waals surface area contributed by atoms with Crippen LogP contribution in [0.3, 0.4) is 0 Å². The Morgan fingerprint density at radius 1 is 1.39 bits per heavy atom. The van der Waals surface area contributed by atoms with Crippen molar-refractivity contribution < 1.29 is 13.9 Å². The Morgan fingerprint density at radius 3 is 2.70 bits per heavy atom. The third kappa shape index (κ3) is 4.36. The third-order valence-corrected chi connectivity index (χ3v) is 4.82. The summed E-state index contributed by atoms with van der Waals surface area (Å²) in [6.45, 7) is 4.42. The molecule has 4 nitrogen and oxygen atoms in total. The maximum absolute atomic E-state index is 12.8. The van der Waals surface area contributed by atoms with E-state index in [4.69, 9.17) is 4.74 Å². The topological polar surface area (TPSA) is 50.4 Å². The van der Waals surface area contributed by atoms with Crippen LogP contribution < -0.4 is 15.4 Å².